The van der Waals surface area contributed by atoms with Gasteiger partial charge in [-0.05, 0) is 19.8 Å². The van der Waals surface area contributed by atoms with Crippen molar-refractivity contribution in [3.63, 3.8) is 0 Å². The number of amides is 1. The Bertz CT molecular complexity index is 153. The van der Waals surface area contributed by atoms with Crippen LogP contribution in [0.1, 0.15) is 46.5 Å². The Balaban J connectivity index is 4.00. The highest BCUT2D eigenvalue weighted by Crippen LogP contribution is 2.13. The van der Waals surface area contributed by atoms with E-state index in [1.54, 1.807) is 0 Å². The van der Waals surface area contributed by atoms with E-state index in [9.17, 15) is 4.79 Å². The Morgan fingerprint density at radius 1 is 1.29 bits per heavy atom. The van der Waals surface area contributed by atoms with E-state index in [2.05, 4.69) is 19.2 Å². The van der Waals surface area contributed by atoms with Gasteiger partial charge in [-0.1, -0.05) is 26.7 Å². The summed E-state index contributed by atoms with van der Waals surface area (Å²) >= 11 is 0. The smallest absolute Gasteiger partial charge is 0.223 e. The summed E-state index contributed by atoms with van der Waals surface area (Å²) in [4.78, 5) is 11.7. The van der Waals surface area contributed by atoms with Crippen molar-refractivity contribution in [2.45, 2.75) is 52.5 Å². The fraction of sp³-hybridized carbons (Fsp3) is 0.909. The van der Waals surface area contributed by atoms with E-state index in [-0.39, 0.29) is 17.9 Å². The van der Waals surface area contributed by atoms with Crippen molar-refractivity contribution in [3.05, 3.63) is 0 Å². The van der Waals surface area contributed by atoms with Gasteiger partial charge < -0.3 is 11.1 Å². The maximum Gasteiger partial charge on any atom is 0.223 e. The molecular formula is C11H24N2O. The van der Waals surface area contributed by atoms with Gasteiger partial charge in [-0.25, -0.2) is 0 Å². The Kier molecular flexibility index (Phi) is 7.48. The van der Waals surface area contributed by atoms with Crippen LogP contribution in [0.2, 0.25) is 0 Å². The third-order valence-electron chi connectivity index (χ3n) is 2.39. The van der Waals surface area contributed by atoms with Crippen molar-refractivity contribution in [2.24, 2.45) is 11.7 Å². The van der Waals surface area contributed by atoms with Crippen LogP contribution >= 0.6 is 0 Å². The summed E-state index contributed by atoms with van der Waals surface area (Å²) < 4.78 is 0. The lowest BCUT2D eigenvalue weighted by Crippen LogP contribution is -2.41. The highest BCUT2D eigenvalue weighted by Gasteiger charge is 2.17. The molecule has 1 unspecified atom stereocenters. The molecule has 1 amide bonds. The number of carbonyl (C=O) groups is 1. The summed E-state index contributed by atoms with van der Waals surface area (Å²) in [6.07, 6.45) is 4.10. The monoisotopic (exact) mass is 200 g/mol. The van der Waals surface area contributed by atoms with E-state index in [0.717, 1.165) is 25.7 Å². The lowest BCUT2D eigenvalue weighted by Gasteiger charge is -2.18. The molecule has 0 bridgehead atoms. The summed E-state index contributed by atoms with van der Waals surface area (Å²) in [7, 11) is 0. The van der Waals surface area contributed by atoms with Crippen molar-refractivity contribution in [3.8, 4) is 0 Å². The van der Waals surface area contributed by atoms with E-state index < -0.39 is 0 Å². The molecule has 1 atom stereocenters. The minimum Gasteiger partial charge on any atom is -0.352 e. The molecule has 0 aromatic heterocycles. The van der Waals surface area contributed by atoms with E-state index >= 15 is 0 Å². The van der Waals surface area contributed by atoms with Crippen LogP contribution in [0.4, 0.5) is 0 Å². The minimum absolute atomic E-state index is 0.0960. The fourth-order valence-corrected chi connectivity index (χ4v) is 1.52. The molecule has 0 aliphatic rings. The van der Waals surface area contributed by atoms with Crippen LogP contribution in [0.25, 0.3) is 0 Å². The molecule has 3 heteroatoms. The van der Waals surface area contributed by atoms with Gasteiger partial charge in [0, 0.05) is 18.5 Å². The van der Waals surface area contributed by atoms with E-state index in [4.69, 9.17) is 5.73 Å². The van der Waals surface area contributed by atoms with Crippen LogP contribution in [0.15, 0.2) is 0 Å². The molecule has 0 aromatic carbocycles. The molecule has 84 valence electrons. The van der Waals surface area contributed by atoms with Crippen LogP contribution < -0.4 is 11.1 Å². The normalized spacial score (nSPS) is 12.9. The zero-order valence-corrected chi connectivity index (χ0v) is 9.68. The first-order chi connectivity index (χ1) is 6.65. The molecule has 0 spiro atoms. The van der Waals surface area contributed by atoms with Crippen molar-refractivity contribution >= 4 is 5.91 Å². The van der Waals surface area contributed by atoms with Gasteiger partial charge in [0.1, 0.15) is 0 Å². The Hall–Kier alpha value is -0.570. The van der Waals surface area contributed by atoms with Crippen LogP contribution in [0, 0.1) is 5.92 Å². The van der Waals surface area contributed by atoms with Gasteiger partial charge >= 0.3 is 0 Å². The molecule has 0 aromatic rings. The van der Waals surface area contributed by atoms with Gasteiger partial charge in [0.2, 0.25) is 5.91 Å². The lowest BCUT2D eigenvalue weighted by molar-refractivity contribution is -0.126. The second-order valence-electron chi connectivity index (χ2n) is 3.92. The number of nitrogens with one attached hydrogen (secondary N) is 1. The Labute approximate surface area is 87.4 Å². The second kappa shape index (κ2) is 7.80. The van der Waals surface area contributed by atoms with Crippen LogP contribution in [-0.4, -0.2) is 18.5 Å². The third-order valence-corrected chi connectivity index (χ3v) is 2.39. The molecule has 0 fully saturated rings. The quantitative estimate of drug-likeness (QED) is 0.657. The Morgan fingerprint density at radius 3 is 2.14 bits per heavy atom. The first-order valence-corrected chi connectivity index (χ1v) is 5.66. The standard InChI is InChI=1S/C11H24N2O/c1-4-6-10(7-5-2)11(14)13-9(3)8-12/h9-10H,4-8,12H2,1-3H3,(H,13,14). The van der Waals surface area contributed by atoms with Crippen LogP contribution in [0.3, 0.4) is 0 Å². The van der Waals surface area contributed by atoms with Gasteiger partial charge in [0.15, 0.2) is 0 Å². The SMILES string of the molecule is CCCC(CCC)C(=O)NC(C)CN. The summed E-state index contributed by atoms with van der Waals surface area (Å²) in [5, 5.41) is 2.94. The Morgan fingerprint density at radius 2 is 1.79 bits per heavy atom. The lowest BCUT2D eigenvalue weighted by atomic mass is 9.97. The van der Waals surface area contributed by atoms with Gasteiger partial charge in [-0.3, -0.25) is 4.79 Å². The molecule has 0 aliphatic carbocycles. The summed E-state index contributed by atoms with van der Waals surface area (Å²) in [6.45, 7) is 6.67. The topological polar surface area (TPSA) is 55.1 Å². The predicted molar refractivity (Wildman–Crippen MR) is 60.0 cm³/mol. The van der Waals surface area contributed by atoms with E-state index in [1.807, 2.05) is 6.92 Å². The van der Waals surface area contributed by atoms with Gasteiger partial charge in [-0.15, -0.1) is 0 Å². The summed E-state index contributed by atoms with van der Waals surface area (Å²) in [6, 6.07) is 0.0960. The number of carbonyl (C=O) groups excluding carboxylic acids is 1. The molecule has 0 heterocycles. The first-order valence-electron chi connectivity index (χ1n) is 5.66. The maximum atomic E-state index is 11.7. The maximum absolute atomic E-state index is 11.7. The van der Waals surface area contributed by atoms with Crippen molar-refractivity contribution in [2.75, 3.05) is 6.54 Å². The summed E-state index contributed by atoms with van der Waals surface area (Å²) in [5.74, 6) is 0.352. The zero-order valence-electron chi connectivity index (χ0n) is 9.68. The molecule has 0 radical (unpaired) electrons. The number of rotatable bonds is 7. The van der Waals surface area contributed by atoms with Gasteiger partial charge in [0.25, 0.3) is 0 Å². The van der Waals surface area contributed by atoms with Crippen molar-refractivity contribution in [1.82, 2.24) is 5.32 Å². The molecule has 0 rings (SSSR count). The molecule has 14 heavy (non-hydrogen) atoms. The molecule has 3 N–H and O–H groups in total. The highest BCUT2D eigenvalue weighted by molar-refractivity contribution is 5.78. The highest BCUT2D eigenvalue weighted by atomic mass is 16.1. The summed E-state index contributed by atoms with van der Waals surface area (Å²) in [5.41, 5.74) is 5.45. The average Bonchev–Trinajstić information content (AvgIpc) is 2.17. The van der Waals surface area contributed by atoms with Crippen LogP contribution in [-0.2, 0) is 4.79 Å². The van der Waals surface area contributed by atoms with Crippen molar-refractivity contribution < 1.29 is 4.79 Å². The molecule has 0 saturated carbocycles. The van der Waals surface area contributed by atoms with Crippen LogP contribution in [0.5, 0.6) is 0 Å². The first kappa shape index (κ1) is 13.4. The van der Waals surface area contributed by atoms with Gasteiger partial charge in [-0.2, -0.15) is 0 Å². The van der Waals surface area contributed by atoms with Gasteiger partial charge in [0.05, 0.1) is 0 Å². The number of nitrogens with two attached hydrogens (primary N) is 1. The second-order valence-corrected chi connectivity index (χ2v) is 3.92. The third kappa shape index (κ3) is 5.22. The molecule has 3 nitrogen and oxygen atoms in total. The zero-order chi connectivity index (χ0) is 11.0. The molecule has 0 aliphatic heterocycles. The largest absolute Gasteiger partial charge is 0.352 e. The van der Waals surface area contributed by atoms with E-state index in [0.29, 0.717) is 6.54 Å². The van der Waals surface area contributed by atoms with Crippen molar-refractivity contribution in [1.29, 1.82) is 0 Å². The minimum atomic E-state index is 0.0960. The predicted octanol–water partition coefficient (Wildman–Crippen LogP) is 1.67. The number of hydrogen-bond acceptors (Lipinski definition) is 2. The average molecular weight is 200 g/mol. The fourth-order valence-electron chi connectivity index (χ4n) is 1.52. The molecular weight excluding hydrogens is 176 g/mol. The van der Waals surface area contributed by atoms with E-state index in [1.165, 1.54) is 0 Å². The number of hydrogen-bond donors (Lipinski definition) is 2. The molecule has 0 saturated heterocycles.